The van der Waals surface area contributed by atoms with Crippen molar-refractivity contribution in [3.8, 4) is 5.69 Å². The van der Waals surface area contributed by atoms with Crippen LogP contribution in [0.15, 0.2) is 24.3 Å². The lowest BCUT2D eigenvalue weighted by Crippen LogP contribution is -2.32. The number of hydrogen-bond donors (Lipinski definition) is 1. The van der Waals surface area contributed by atoms with E-state index in [1.165, 1.54) is 18.5 Å². The zero-order chi connectivity index (χ0) is 16.4. The quantitative estimate of drug-likeness (QED) is 0.942. The topological polar surface area (TPSA) is 60.0 Å². The molecule has 2 heterocycles. The van der Waals surface area contributed by atoms with Crippen LogP contribution in [0.5, 0.6) is 0 Å². The molecule has 2 aromatic rings. The number of nitrogens with two attached hydrogens (primary N) is 1. The van der Waals surface area contributed by atoms with E-state index >= 15 is 0 Å². The lowest BCUT2D eigenvalue weighted by Gasteiger charge is -2.32. The number of hydrogen-bond acceptors (Lipinski definition) is 4. The number of benzene rings is 1. The molecule has 0 saturated carbocycles. The summed E-state index contributed by atoms with van der Waals surface area (Å²) >= 11 is 0. The van der Waals surface area contributed by atoms with E-state index in [2.05, 4.69) is 60.2 Å². The highest BCUT2D eigenvalue weighted by molar-refractivity contribution is 5.51. The Balaban J connectivity index is 1.84. The highest BCUT2D eigenvalue weighted by Crippen LogP contribution is 2.26. The summed E-state index contributed by atoms with van der Waals surface area (Å²) < 4.78 is 1.93. The van der Waals surface area contributed by atoms with Crippen LogP contribution in [0, 0.1) is 5.92 Å². The van der Waals surface area contributed by atoms with Gasteiger partial charge in [-0.2, -0.15) is 0 Å². The third kappa shape index (κ3) is 3.24. The number of nitrogens with zero attached hydrogens (tertiary/aromatic N) is 4. The van der Waals surface area contributed by atoms with Crippen molar-refractivity contribution in [1.82, 2.24) is 15.0 Å². The average Bonchev–Trinajstić information content (AvgIpc) is 3.00. The molecule has 0 aliphatic carbocycles. The molecule has 23 heavy (non-hydrogen) atoms. The number of piperidine rings is 1. The highest BCUT2D eigenvalue weighted by atomic mass is 15.4. The van der Waals surface area contributed by atoms with Crippen molar-refractivity contribution in [2.45, 2.75) is 46.1 Å². The molecule has 0 spiro atoms. The SMILES string of the molecule is CC1CCN(c2ccc(-n3nnc(CN)c3C(C)C)cc2)CC1. The van der Waals surface area contributed by atoms with Crippen LogP contribution in [0.3, 0.4) is 0 Å². The zero-order valence-electron chi connectivity index (χ0n) is 14.4. The predicted octanol–water partition coefficient (Wildman–Crippen LogP) is 3.09. The van der Waals surface area contributed by atoms with Crippen molar-refractivity contribution in [2.24, 2.45) is 11.7 Å². The van der Waals surface area contributed by atoms with Crippen molar-refractivity contribution in [3.63, 3.8) is 0 Å². The Bertz CT molecular complexity index is 636. The van der Waals surface area contributed by atoms with Gasteiger partial charge in [0.25, 0.3) is 0 Å². The Kier molecular flexibility index (Phi) is 4.66. The van der Waals surface area contributed by atoms with Gasteiger partial charge in [-0.05, 0) is 48.9 Å². The van der Waals surface area contributed by atoms with Gasteiger partial charge in [-0.15, -0.1) is 5.10 Å². The maximum atomic E-state index is 5.79. The van der Waals surface area contributed by atoms with Gasteiger partial charge in [-0.1, -0.05) is 26.0 Å². The third-order valence-corrected chi connectivity index (χ3v) is 4.76. The van der Waals surface area contributed by atoms with Crippen LogP contribution in [0.1, 0.15) is 50.9 Å². The summed E-state index contributed by atoms with van der Waals surface area (Å²) in [5.41, 5.74) is 10.1. The molecule has 0 unspecified atom stereocenters. The van der Waals surface area contributed by atoms with E-state index in [4.69, 9.17) is 5.73 Å². The van der Waals surface area contributed by atoms with E-state index in [-0.39, 0.29) is 0 Å². The van der Waals surface area contributed by atoms with E-state index in [0.717, 1.165) is 36.1 Å². The van der Waals surface area contributed by atoms with E-state index < -0.39 is 0 Å². The highest BCUT2D eigenvalue weighted by Gasteiger charge is 2.18. The van der Waals surface area contributed by atoms with Crippen molar-refractivity contribution in [2.75, 3.05) is 18.0 Å². The van der Waals surface area contributed by atoms with E-state index in [1.54, 1.807) is 0 Å². The summed E-state index contributed by atoms with van der Waals surface area (Å²) in [6.45, 7) is 9.37. The molecule has 1 fully saturated rings. The summed E-state index contributed by atoms with van der Waals surface area (Å²) in [6, 6.07) is 8.65. The van der Waals surface area contributed by atoms with Gasteiger partial charge in [0, 0.05) is 25.3 Å². The summed E-state index contributed by atoms with van der Waals surface area (Å²) in [6.07, 6.45) is 2.56. The van der Waals surface area contributed by atoms with Crippen molar-refractivity contribution in [1.29, 1.82) is 0 Å². The maximum absolute atomic E-state index is 5.79. The minimum absolute atomic E-state index is 0.340. The molecule has 0 radical (unpaired) electrons. The Morgan fingerprint density at radius 3 is 2.30 bits per heavy atom. The summed E-state index contributed by atoms with van der Waals surface area (Å²) in [5.74, 6) is 1.19. The lowest BCUT2D eigenvalue weighted by molar-refractivity contribution is 0.438. The first kappa shape index (κ1) is 16.0. The predicted molar refractivity (Wildman–Crippen MR) is 94.0 cm³/mol. The molecule has 0 atom stereocenters. The molecular weight excluding hydrogens is 286 g/mol. The second-order valence-electron chi connectivity index (χ2n) is 6.88. The second-order valence-corrected chi connectivity index (χ2v) is 6.88. The minimum Gasteiger partial charge on any atom is -0.372 e. The largest absolute Gasteiger partial charge is 0.372 e. The standard InChI is InChI=1S/C18H27N5/c1-13(2)18-17(12-19)20-21-23(18)16-6-4-15(5-7-16)22-10-8-14(3)9-11-22/h4-7,13-14H,8-12,19H2,1-3H3. The molecule has 1 aromatic carbocycles. The zero-order valence-corrected chi connectivity index (χ0v) is 14.4. The van der Waals surface area contributed by atoms with Crippen LogP contribution in [-0.4, -0.2) is 28.1 Å². The molecule has 2 N–H and O–H groups in total. The van der Waals surface area contributed by atoms with Gasteiger partial charge in [0.05, 0.1) is 11.4 Å². The van der Waals surface area contributed by atoms with Crippen LogP contribution in [0.4, 0.5) is 5.69 Å². The summed E-state index contributed by atoms with van der Waals surface area (Å²) in [4.78, 5) is 2.47. The van der Waals surface area contributed by atoms with Crippen LogP contribution >= 0.6 is 0 Å². The molecule has 5 nitrogen and oxygen atoms in total. The normalized spacial score (nSPS) is 16.3. The number of rotatable bonds is 4. The second kappa shape index (κ2) is 6.71. The molecule has 124 valence electrons. The van der Waals surface area contributed by atoms with E-state index in [9.17, 15) is 0 Å². The number of anilines is 1. The first-order valence-electron chi connectivity index (χ1n) is 8.60. The molecule has 5 heteroatoms. The molecule has 3 rings (SSSR count). The Morgan fingerprint density at radius 2 is 1.74 bits per heavy atom. The van der Waals surface area contributed by atoms with Crippen molar-refractivity contribution >= 4 is 5.69 Å². The maximum Gasteiger partial charge on any atom is 0.100 e. The molecule has 0 amide bonds. The van der Waals surface area contributed by atoms with Crippen LogP contribution in [0.2, 0.25) is 0 Å². The summed E-state index contributed by atoms with van der Waals surface area (Å²) in [5, 5.41) is 8.53. The van der Waals surface area contributed by atoms with Crippen LogP contribution < -0.4 is 10.6 Å². The third-order valence-electron chi connectivity index (χ3n) is 4.76. The van der Waals surface area contributed by atoms with Gasteiger partial charge in [-0.25, -0.2) is 4.68 Å². The molecule has 0 bridgehead atoms. The van der Waals surface area contributed by atoms with Gasteiger partial charge in [0.2, 0.25) is 0 Å². The van der Waals surface area contributed by atoms with Crippen molar-refractivity contribution in [3.05, 3.63) is 35.7 Å². The van der Waals surface area contributed by atoms with E-state index in [1.807, 2.05) is 4.68 Å². The summed E-state index contributed by atoms with van der Waals surface area (Å²) in [7, 11) is 0. The van der Waals surface area contributed by atoms with Gasteiger partial charge in [-0.3, -0.25) is 0 Å². The first-order chi connectivity index (χ1) is 11.1. The molecule has 1 aliphatic rings. The van der Waals surface area contributed by atoms with E-state index in [0.29, 0.717) is 12.5 Å². The van der Waals surface area contributed by atoms with Gasteiger partial charge in [0.1, 0.15) is 5.69 Å². The fraction of sp³-hybridized carbons (Fsp3) is 0.556. The van der Waals surface area contributed by atoms with Gasteiger partial charge >= 0.3 is 0 Å². The number of aromatic nitrogens is 3. The van der Waals surface area contributed by atoms with Crippen molar-refractivity contribution < 1.29 is 0 Å². The average molecular weight is 313 g/mol. The minimum atomic E-state index is 0.340. The van der Waals surface area contributed by atoms with Crippen LogP contribution in [-0.2, 0) is 6.54 Å². The monoisotopic (exact) mass is 313 g/mol. The Hall–Kier alpha value is -1.88. The Labute approximate surface area is 138 Å². The molecule has 1 aliphatic heterocycles. The van der Waals surface area contributed by atoms with Crippen LogP contribution in [0.25, 0.3) is 5.69 Å². The van der Waals surface area contributed by atoms with Gasteiger partial charge < -0.3 is 10.6 Å². The lowest BCUT2D eigenvalue weighted by atomic mass is 9.99. The molecule has 1 saturated heterocycles. The fourth-order valence-electron chi connectivity index (χ4n) is 3.31. The van der Waals surface area contributed by atoms with Gasteiger partial charge in [0.15, 0.2) is 0 Å². The molecule has 1 aromatic heterocycles. The molecular formula is C18H27N5. The fourth-order valence-corrected chi connectivity index (χ4v) is 3.31. The smallest absolute Gasteiger partial charge is 0.100 e. The Morgan fingerprint density at radius 1 is 1.13 bits per heavy atom. The first-order valence-corrected chi connectivity index (χ1v) is 8.60.